The van der Waals surface area contributed by atoms with Crippen LogP contribution in [-0.2, 0) is 4.79 Å². The zero-order valence-electron chi connectivity index (χ0n) is 8.90. The van der Waals surface area contributed by atoms with Gasteiger partial charge in [-0.15, -0.1) is 11.8 Å². The number of nitrogens with two attached hydrogens (primary N) is 1. The number of amides is 2. The molecule has 6 heteroatoms. The fourth-order valence-corrected chi connectivity index (χ4v) is 1.60. The van der Waals surface area contributed by atoms with E-state index in [-0.39, 0.29) is 12.5 Å². The number of thioether (sulfide) groups is 1. The second-order valence-corrected chi connectivity index (χ2v) is 4.25. The van der Waals surface area contributed by atoms with Crippen LogP contribution in [0, 0.1) is 0 Å². The lowest BCUT2D eigenvalue weighted by Gasteiger charge is -2.03. The molecule has 5 nitrogen and oxygen atoms in total. The van der Waals surface area contributed by atoms with Gasteiger partial charge in [-0.3, -0.25) is 9.59 Å². The van der Waals surface area contributed by atoms with E-state index < -0.39 is 5.91 Å². The number of nitrogens with one attached hydrogen (secondary N) is 1. The van der Waals surface area contributed by atoms with Gasteiger partial charge in [-0.1, -0.05) is 6.92 Å². The lowest BCUT2D eigenvalue weighted by atomic mass is 10.3. The minimum Gasteiger partial charge on any atom is -0.368 e. The standard InChI is InChI=1S/C10H13N3O2S/c1-2-16-9-4-3-7(5-12-9)10(15)13-6-8(11)14/h3-5H,2,6H2,1H3,(H2,11,14)(H,13,15). The fourth-order valence-electron chi connectivity index (χ4n) is 1.02. The van der Waals surface area contributed by atoms with Gasteiger partial charge >= 0.3 is 0 Å². The Balaban J connectivity index is 2.59. The van der Waals surface area contributed by atoms with Gasteiger partial charge < -0.3 is 11.1 Å². The van der Waals surface area contributed by atoms with Crippen molar-refractivity contribution in [1.29, 1.82) is 0 Å². The van der Waals surface area contributed by atoms with Crippen LogP contribution >= 0.6 is 11.8 Å². The zero-order valence-corrected chi connectivity index (χ0v) is 9.71. The molecular weight excluding hydrogens is 226 g/mol. The molecule has 16 heavy (non-hydrogen) atoms. The van der Waals surface area contributed by atoms with Crippen molar-refractivity contribution < 1.29 is 9.59 Å². The highest BCUT2D eigenvalue weighted by molar-refractivity contribution is 7.99. The Bertz CT molecular complexity index is 378. The van der Waals surface area contributed by atoms with Gasteiger partial charge in [0.25, 0.3) is 5.91 Å². The van der Waals surface area contributed by atoms with Crippen LogP contribution in [0.3, 0.4) is 0 Å². The number of pyridine rings is 1. The summed E-state index contributed by atoms with van der Waals surface area (Å²) in [5.41, 5.74) is 5.33. The molecule has 0 radical (unpaired) electrons. The first-order valence-corrected chi connectivity index (χ1v) is 5.77. The van der Waals surface area contributed by atoms with Crippen molar-refractivity contribution in [2.24, 2.45) is 5.73 Å². The molecule has 0 aliphatic rings. The molecule has 0 aromatic carbocycles. The highest BCUT2D eigenvalue weighted by Crippen LogP contribution is 2.14. The average Bonchev–Trinajstić information content (AvgIpc) is 2.27. The van der Waals surface area contributed by atoms with E-state index in [1.54, 1.807) is 23.9 Å². The summed E-state index contributed by atoms with van der Waals surface area (Å²) in [6, 6.07) is 3.44. The molecule has 0 aliphatic heterocycles. The molecule has 3 N–H and O–H groups in total. The van der Waals surface area contributed by atoms with Gasteiger partial charge in [-0.25, -0.2) is 4.98 Å². The van der Waals surface area contributed by atoms with E-state index in [1.165, 1.54) is 6.20 Å². The van der Waals surface area contributed by atoms with Crippen molar-refractivity contribution in [2.75, 3.05) is 12.3 Å². The highest BCUT2D eigenvalue weighted by Gasteiger charge is 2.06. The molecule has 0 atom stereocenters. The number of carbonyl (C=O) groups excluding carboxylic acids is 2. The topological polar surface area (TPSA) is 85.1 Å². The molecule has 2 amide bonds. The number of primary amides is 1. The molecule has 0 saturated carbocycles. The fraction of sp³-hybridized carbons (Fsp3) is 0.300. The highest BCUT2D eigenvalue weighted by atomic mass is 32.2. The van der Waals surface area contributed by atoms with Crippen molar-refractivity contribution in [3.8, 4) is 0 Å². The van der Waals surface area contributed by atoms with E-state index in [2.05, 4.69) is 10.3 Å². The Kier molecular flexibility index (Phi) is 4.78. The maximum absolute atomic E-state index is 11.5. The van der Waals surface area contributed by atoms with Gasteiger partial charge in [0.2, 0.25) is 5.91 Å². The molecule has 0 spiro atoms. The lowest BCUT2D eigenvalue weighted by Crippen LogP contribution is -2.33. The van der Waals surface area contributed by atoms with Crippen molar-refractivity contribution in [3.05, 3.63) is 23.9 Å². The van der Waals surface area contributed by atoms with Crippen molar-refractivity contribution in [3.63, 3.8) is 0 Å². The zero-order chi connectivity index (χ0) is 12.0. The minimum absolute atomic E-state index is 0.162. The monoisotopic (exact) mass is 239 g/mol. The normalized spacial score (nSPS) is 9.81. The minimum atomic E-state index is -0.570. The summed E-state index contributed by atoms with van der Waals surface area (Å²) in [5.74, 6) is 0.0130. The van der Waals surface area contributed by atoms with Crippen LogP contribution in [0.15, 0.2) is 23.4 Å². The third-order valence-electron chi connectivity index (χ3n) is 1.71. The van der Waals surface area contributed by atoms with Crippen LogP contribution in [0.2, 0.25) is 0 Å². The molecule has 0 unspecified atom stereocenters. The van der Waals surface area contributed by atoms with E-state index >= 15 is 0 Å². The van der Waals surface area contributed by atoms with E-state index in [9.17, 15) is 9.59 Å². The molecule has 0 bridgehead atoms. The van der Waals surface area contributed by atoms with Gasteiger partial charge in [0.15, 0.2) is 0 Å². The summed E-state index contributed by atoms with van der Waals surface area (Å²) in [7, 11) is 0. The average molecular weight is 239 g/mol. The summed E-state index contributed by atoms with van der Waals surface area (Å²) < 4.78 is 0. The number of carbonyl (C=O) groups is 2. The third kappa shape index (κ3) is 3.90. The first-order valence-electron chi connectivity index (χ1n) is 4.79. The molecule has 1 rings (SSSR count). The van der Waals surface area contributed by atoms with Crippen LogP contribution < -0.4 is 11.1 Å². The predicted molar refractivity (Wildman–Crippen MR) is 62.2 cm³/mol. The molecule has 0 fully saturated rings. The Morgan fingerprint density at radius 1 is 1.50 bits per heavy atom. The smallest absolute Gasteiger partial charge is 0.253 e. The van der Waals surface area contributed by atoms with Crippen LogP contribution in [-0.4, -0.2) is 29.1 Å². The van der Waals surface area contributed by atoms with E-state index in [0.29, 0.717) is 5.56 Å². The predicted octanol–water partition coefficient (Wildman–Crippen LogP) is 0.409. The summed E-state index contributed by atoms with van der Waals surface area (Å²) in [4.78, 5) is 26.0. The maximum atomic E-state index is 11.5. The molecular formula is C10H13N3O2S. The van der Waals surface area contributed by atoms with Gasteiger partial charge in [0.1, 0.15) is 0 Å². The summed E-state index contributed by atoms with van der Waals surface area (Å²) in [6.07, 6.45) is 1.48. The molecule has 1 aromatic heterocycles. The number of aromatic nitrogens is 1. The SMILES string of the molecule is CCSc1ccc(C(=O)NCC(N)=O)cn1. The van der Waals surface area contributed by atoms with Gasteiger partial charge in [0.05, 0.1) is 17.1 Å². The van der Waals surface area contributed by atoms with E-state index in [1.807, 2.05) is 6.92 Å². The Morgan fingerprint density at radius 3 is 2.75 bits per heavy atom. The summed E-state index contributed by atoms with van der Waals surface area (Å²) in [6.45, 7) is 1.87. The Morgan fingerprint density at radius 2 is 2.25 bits per heavy atom. The van der Waals surface area contributed by atoms with Crippen LogP contribution in [0.25, 0.3) is 0 Å². The van der Waals surface area contributed by atoms with E-state index in [4.69, 9.17) is 5.73 Å². The largest absolute Gasteiger partial charge is 0.368 e. The second kappa shape index (κ2) is 6.12. The Labute approximate surface area is 97.8 Å². The molecule has 1 heterocycles. The molecule has 0 aliphatic carbocycles. The van der Waals surface area contributed by atoms with Crippen LogP contribution in [0.5, 0.6) is 0 Å². The third-order valence-corrected chi connectivity index (χ3v) is 2.54. The first kappa shape index (κ1) is 12.5. The summed E-state index contributed by atoms with van der Waals surface area (Å²) in [5, 5.41) is 3.26. The number of hydrogen-bond acceptors (Lipinski definition) is 4. The number of hydrogen-bond donors (Lipinski definition) is 2. The first-order chi connectivity index (χ1) is 7.63. The molecule has 86 valence electrons. The summed E-state index contributed by atoms with van der Waals surface area (Å²) >= 11 is 1.60. The van der Waals surface area contributed by atoms with Crippen molar-refractivity contribution in [2.45, 2.75) is 11.9 Å². The second-order valence-electron chi connectivity index (χ2n) is 2.97. The molecule has 0 saturated heterocycles. The van der Waals surface area contributed by atoms with Gasteiger partial charge in [-0.2, -0.15) is 0 Å². The van der Waals surface area contributed by atoms with Gasteiger partial charge in [0, 0.05) is 6.20 Å². The van der Waals surface area contributed by atoms with E-state index in [0.717, 1.165) is 10.8 Å². The maximum Gasteiger partial charge on any atom is 0.253 e. The van der Waals surface area contributed by atoms with Crippen molar-refractivity contribution >= 4 is 23.6 Å². The number of nitrogens with zero attached hydrogens (tertiary/aromatic N) is 1. The van der Waals surface area contributed by atoms with Crippen LogP contribution in [0.4, 0.5) is 0 Å². The van der Waals surface area contributed by atoms with Crippen molar-refractivity contribution in [1.82, 2.24) is 10.3 Å². The molecule has 1 aromatic rings. The Hall–Kier alpha value is -1.56. The van der Waals surface area contributed by atoms with Crippen LogP contribution in [0.1, 0.15) is 17.3 Å². The quantitative estimate of drug-likeness (QED) is 0.729. The lowest BCUT2D eigenvalue weighted by molar-refractivity contribution is -0.117. The van der Waals surface area contributed by atoms with Gasteiger partial charge in [-0.05, 0) is 17.9 Å². The number of rotatable bonds is 5.